The number of nitrogens with two attached hydrogens (primary N) is 1. The number of rotatable bonds is 3. The molecule has 0 aromatic rings. The Kier molecular flexibility index (Phi) is 2.92. The second kappa shape index (κ2) is 4.22. The summed E-state index contributed by atoms with van der Waals surface area (Å²) in [4.78, 5) is 24.6. The maximum absolute atomic E-state index is 11.6. The van der Waals surface area contributed by atoms with E-state index in [-0.39, 0.29) is 17.9 Å². The summed E-state index contributed by atoms with van der Waals surface area (Å²) in [6.45, 7) is 1.45. The zero-order valence-corrected chi connectivity index (χ0v) is 9.06. The fraction of sp³-hybridized carbons (Fsp3) is 0.727. The fourth-order valence-corrected chi connectivity index (χ4v) is 2.73. The third-order valence-corrected chi connectivity index (χ3v) is 3.62. The highest BCUT2D eigenvalue weighted by Crippen LogP contribution is 2.34. The van der Waals surface area contributed by atoms with Gasteiger partial charge in [-0.15, -0.1) is 0 Å². The third kappa shape index (κ3) is 1.81. The van der Waals surface area contributed by atoms with Gasteiger partial charge in [0.05, 0.1) is 12.0 Å². The highest BCUT2D eigenvalue weighted by molar-refractivity contribution is 6.36. The molecule has 2 rings (SSSR count). The summed E-state index contributed by atoms with van der Waals surface area (Å²) in [6.07, 6.45) is 2.64. The van der Waals surface area contributed by atoms with Gasteiger partial charge in [-0.05, 0) is 12.8 Å². The predicted octanol–water partition coefficient (Wildman–Crippen LogP) is -0.335. The van der Waals surface area contributed by atoms with Crippen molar-refractivity contribution in [1.82, 2.24) is 4.90 Å². The van der Waals surface area contributed by atoms with Gasteiger partial charge in [0.2, 0.25) is 5.78 Å². The fourth-order valence-electron chi connectivity index (χ4n) is 2.73. The second-order valence-corrected chi connectivity index (χ2v) is 4.61. The molecule has 0 bridgehead atoms. The van der Waals surface area contributed by atoms with Crippen LogP contribution in [0.5, 0.6) is 0 Å². The first-order valence-electron chi connectivity index (χ1n) is 5.60. The summed E-state index contributed by atoms with van der Waals surface area (Å²) in [5.74, 6) is -1.42. The normalized spacial score (nSPS) is 30.7. The van der Waals surface area contributed by atoms with Gasteiger partial charge in [0.25, 0.3) is 5.91 Å². The van der Waals surface area contributed by atoms with Crippen LogP contribution in [0.15, 0.2) is 0 Å². The summed E-state index contributed by atoms with van der Waals surface area (Å²) in [6, 6.07) is 2.33. The minimum absolute atomic E-state index is 0.0879. The molecule has 1 saturated carbocycles. The van der Waals surface area contributed by atoms with Crippen molar-refractivity contribution in [1.29, 1.82) is 5.26 Å². The van der Waals surface area contributed by atoms with Crippen LogP contribution >= 0.6 is 0 Å². The molecule has 0 aromatic heterocycles. The van der Waals surface area contributed by atoms with E-state index >= 15 is 0 Å². The Morgan fingerprint density at radius 2 is 2.00 bits per heavy atom. The average molecular weight is 221 g/mol. The van der Waals surface area contributed by atoms with Gasteiger partial charge in [-0.25, -0.2) is 0 Å². The minimum Gasteiger partial charge on any atom is -0.363 e. The van der Waals surface area contributed by atoms with E-state index in [0.29, 0.717) is 0 Å². The molecule has 2 N–H and O–H groups in total. The number of amides is 1. The predicted molar refractivity (Wildman–Crippen MR) is 56.0 cm³/mol. The maximum Gasteiger partial charge on any atom is 0.285 e. The highest BCUT2D eigenvalue weighted by atomic mass is 16.2. The standard InChI is InChI=1S/C11H15N3O2/c12-4-7-5-14(6-7)9-3-1-2-8(9)10(15)11(13)16/h7-9H,1-3,5-6H2,(H2,13,16). The van der Waals surface area contributed by atoms with E-state index in [4.69, 9.17) is 11.0 Å². The Labute approximate surface area is 94.2 Å². The molecule has 1 amide bonds. The highest BCUT2D eigenvalue weighted by Gasteiger charge is 2.42. The first-order valence-corrected chi connectivity index (χ1v) is 5.60. The van der Waals surface area contributed by atoms with Crippen molar-refractivity contribution in [3.8, 4) is 6.07 Å². The molecule has 86 valence electrons. The van der Waals surface area contributed by atoms with Crippen molar-refractivity contribution in [3.05, 3.63) is 0 Å². The molecule has 0 aromatic carbocycles. The summed E-state index contributed by atoms with van der Waals surface area (Å²) >= 11 is 0. The monoisotopic (exact) mass is 221 g/mol. The van der Waals surface area contributed by atoms with E-state index in [9.17, 15) is 9.59 Å². The van der Waals surface area contributed by atoms with Crippen LogP contribution in [0.2, 0.25) is 0 Å². The van der Waals surface area contributed by atoms with E-state index in [2.05, 4.69) is 11.0 Å². The molecule has 2 aliphatic rings. The van der Waals surface area contributed by atoms with Crippen LogP contribution in [0.4, 0.5) is 0 Å². The van der Waals surface area contributed by atoms with Crippen LogP contribution in [-0.2, 0) is 9.59 Å². The van der Waals surface area contributed by atoms with Crippen LogP contribution in [0.3, 0.4) is 0 Å². The van der Waals surface area contributed by atoms with Crippen LogP contribution < -0.4 is 5.73 Å². The number of hydrogen-bond acceptors (Lipinski definition) is 4. The second-order valence-electron chi connectivity index (χ2n) is 4.61. The summed E-state index contributed by atoms with van der Waals surface area (Å²) in [7, 11) is 0. The molecule has 2 atom stereocenters. The van der Waals surface area contributed by atoms with Crippen molar-refractivity contribution in [2.45, 2.75) is 25.3 Å². The largest absolute Gasteiger partial charge is 0.363 e. The van der Waals surface area contributed by atoms with Crippen molar-refractivity contribution < 1.29 is 9.59 Å². The lowest BCUT2D eigenvalue weighted by molar-refractivity contribution is -0.139. The van der Waals surface area contributed by atoms with E-state index in [0.717, 1.165) is 32.4 Å². The van der Waals surface area contributed by atoms with E-state index in [1.165, 1.54) is 0 Å². The molecule has 1 aliphatic heterocycles. The zero-order valence-electron chi connectivity index (χ0n) is 9.06. The minimum atomic E-state index is -0.825. The molecule has 0 radical (unpaired) electrons. The Balaban J connectivity index is 1.97. The van der Waals surface area contributed by atoms with Crippen LogP contribution in [0.1, 0.15) is 19.3 Å². The molecule has 2 unspecified atom stereocenters. The van der Waals surface area contributed by atoms with Gasteiger partial charge in [0.15, 0.2) is 0 Å². The van der Waals surface area contributed by atoms with Gasteiger partial charge in [-0.2, -0.15) is 5.26 Å². The van der Waals surface area contributed by atoms with Gasteiger partial charge in [0.1, 0.15) is 0 Å². The molecular weight excluding hydrogens is 206 g/mol. The molecule has 16 heavy (non-hydrogen) atoms. The van der Waals surface area contributed by atoms with Crippen LogP contribution in [0, 0.1) is 23.2 Å². The van der Waals surface area contributed by atoms with Crippen molar-refractivity contribution in [2.75, 3.05) is 13.1 Å². The van der Waals surface area contributed by atoms with Crippen molar-refractivity contribution in [3.63, 3.8) is 0 Å². The number of nitrogens with zero attached hydrogens (tertiary/aromatic N) is 2. The summed E-state index contributed by atoms with van der Waals surface area (Å²) in [5, 5.41) is 8.69. The molecule has 2 fully saturated rings. The van der Waals surface area contributed by atoms with Gasteiger partial charge in [-0.1, -0.05) is 6.42 Å². The Bertz CT molecular complexity index is 355. The summed E-state index contributed by atoms with van der Waals surface area (Å²) in [5.41, 5.74) is 5.03. The number of carbonyl (C=O) groups excluding carboxylic acids is 2. The number of carbonyl (C=O) groups is 2. The van der Waals surface area contributed by atoms with Gasteiger partial charge >= 0.3 is 0 Å². The average Bonchev–Trinajstić information content (AvgIpc) is 2.63. The van der Waals surface area contributed by atoms with E-state index in [1.54, 1.807) is 0 Å². The number of Topliss-reactive ketones (excluding diaryl/α,β-unsaturated/α-hetero) is 1. The smallest absolute Gasteiger partial charge is 0.285 e. The Morgan fingerprint density at radius 3 is 2.56 bits per heavy atom. The number of primary amides is 1. The molecule has 0 spiro atoms. The lowest BCUT2D eigenvalue weighted by Gasteiger charge is -2.41. The SMILES string of the molecule is N#CC1CN(C2CCCC2C(=O)C(N)=O)C1. The van der Waals surface area contributed by atoms with Crippen molar-refractivity contribution >= 4 is 11.7 Å². The summed E-state index contributed by atoms with van der Waals surface area (Å²) < 4.78 is 0. The zero-order chi connectivity index (χ0) is 11.7. The molecular formula is C11H15N3O2. The molecule has 5 heteroatoms. The van der Waals surface area contributed by atoms with Gasteiger partial charge in [-0.3, -0.25) is 14.5 Å². The Morgan fingerprint density at radius 1 is 1.31 bits per heavy atom. The molecule has 1 heterocycles. The number of likely N-dealkylation sites (tertiary alicyclic amines) is 1. The quantitative estimate of drug-likeness (QED) is 0.661. The first-order chi connectivity index (χ1) is 7.63. The number of ketones is 1. The van der Waals surface area contributed by atoms with Crippen molar-refractivity contribution in [2.24, 2.45) is 17.6 Å². The Hall–Kier alpha value is -1.41. The third-order valence-electron chi connectivity index (χ3n) is 3.62. The molecule has 1 aliphatic carbocycles. The molecule has 5 nitrogen and oxygen atoms in total. The number of hydrogen-bond donors (Lipinski definition) is 1. The maximum atomic E-state index is 11.6. The number of nitriles is 1. The lowest BCUT2D eigenvalue weighted by Crippen LogP contribution is -2.54. The van der Waals surface area contributed by atoms with Gasteiger partial charge < -0.3 is 5.73 Å². The van der Waals surface area contributed by atoms with Crippen LogP contribution in [-0.4, -0.2) is 35.7 Å². The van der Waals surface area contributed by atoms with E-state index < -0.39 is 11.7 Å². The van der Waals surface area contributed by atoms with Crippen LogP contribution in [0.25, 0.3) is 0 Å². The van der Waals surface area contributed by atoms with E-state index in [1.807, 2.05) is 0 Å². The van der Waals surface area contributed by atoms with Gasteiger partial charge in [0, 0.05) is 25.0 Å². The lowest BCUT2D eigenvalue weighted by atomic mass is 9.91. The topological polar surface area (TPSA) is 87.2 Å². The first kappa shape index (κ1) is 11.1. The molecule has 1 saturated heterocycles.